The average molecular weight is 323 g/mol. The summed E-state index contributed by atoms with van der Waals surface area (Å²) in [4.78, 5) is 14.9. The second-order valence-electron chi connectivity index (χ2n) is 6.32. The summed E-state index contributed by atoms with van der Waals surface area (Å²) in [5.41, 5.74) is 4.95. The molecule has 0 radical (unpaired) electrons. The first kappa shape index (κ1) is 15.1. The minimum Gasteiger partial charge on any atom is -0.378 e. The van der Waals surface area contributed by atoms with Gasteiger partial charge in [0.2, 0.25) is 0 Å². The lowest BCUT2D eigenvalue weighted by molar-refractivity contribution is 0.102. The number of hydrogen-bond acceptors (Lipinski definition) is 4. The molecule has 5 heteroatoms. The van der Waals surface area contributed by atoms with Crippen LogP contribution in [0.4, 0.5) is 5.69 Å². The quantitative estimate of drug-likeness (QED) is 0.797. The largest absolute Gasteiger partial charge is 0.378 e. The second kappa shape index (κ2) is 6.24. The van der Waals surface area contributed by atoms with Crippen molar-refractivity contribution >= 4 is 17.5 Å². The van der Waals surface area contributed by atoms with Gasteiger partial charge < -0.3 is 9.64 Å². The monoisotopic (exact) mass is 323 g/mol. The van der Waals surface area contributed by atoms with Gasteiger partial charge in [-0.15, -0.1) is 0 Å². The third kappa shape index (κ3) is 2.76. The lowest BCUT2D eigenvalue weighted by atomic mass is 9.90. The second-order valence-corrected chi connectivity index (χ2v) is 6.32. The molecule has 1 aromatic heterocycles. The zero-order chi connectivity index (χ0) is 16.5. The highest BCUT2D eigenvalue weighted by atomic mass is 16.5. The molecule has 0 bridgehead atoms. The van der Waals surface area contributed by atoms with Gasteiger partial charge in [-0.2, -0.15) is 5.10 Å². The number of benzene rings is 1. The Balaban J connectivity index is 1.54. The fraction of sp³-hybridized carbons (Fsp3) is 0.368. The summed E-state index contributed by atoms with van der Waals surface area (Å²) in [5.74, 6) is 0.113. The van der Waals surface area contributed by atoms with Crippen LogP contribution in [0.15, 0.2) is 36.0 Å². The standard InChI is InChI=1S/C19H21N3O2/c1-21-18-7-4-15(19(23)17(18)13-20-21)12-14-2-5-16(6-3-14)22-8-10-24-11-9-22/h2-3,5-6,12-13H,4,7-11H2,1H3. The SMILES string of the molecule is Cn1ncc2c1CCC(=Cc1ccc(N3CCOCC3)cc1)C2=O. The molecule has 1 saturated heterocycles. The normalized spacial score (nSPS) is 19.6. The third-order valence-electron chi connectivity index (χ3n) is 4.84. The van der Waals surface area contributed by atoms with Gasteiger partial charge in [-0.1, -0.05) is 12.1 Å². The molecule has 0 saturated carbocycles. The first-order chi connectivity index (χ1) is 11.7. The molecule has 0 unspecified atom stereocenters. The maximum atomic E-state index is 12.6. The Labute approximate surface area is 141 Å². The maximum absolute atomic E-state index is 12.6. The van der Waals surface area contributed by atoms with Gasteiger partial charge in [0.15, 0.2) is 5.78 Å². The molecule has 2 aliphatic rings. The summed E-state index contributed by atoms with van der Waals surface area (Å²) in [6.07, 6.45) is 5.35. The number of ketones is 1. The Morgan fingerprint density at radius 2 is 1.88 bits per heavy atom. The fourth-order valence-corrected chi connectivity index (χ4v) is 3.43. The van der Waals surface area contributed by atoms with E-state index in [2.05, 4.69) is 34.3 Å². The van der Waals surface area contributed by atoms with Crippen molar-refractivity contribution in [3.05, 3.63) is 52.9 Å². The number of ether oxygens (including phenoxy) is 1. The average Bonchev–Trinajstić information content (AvgIpc) is 3.01. The molecule has 5 nitrogen and oxygen atoms in total. The molecular formula is C19H21N3O2. The molecule has 4 rings (SSSR count). The number of aromatic nitrogens is 2. The van der Waals surface area contributed by atoms with Gasteiger partial charge in [0, 0.05) is 37.1 Å². The molecule has 0 atom stereocenters. The number of fused-ring (bicyclic) bond motifs is 1. The Morgan fingerprint density at radius 3 is 2.62 bits per heavy atom. The van der Waals surface area contributed by atoms with Gasteiger partial charge >= 0.3 is 0 Å². The number of nitrogens with zero attached hydrogens (tertiary/aromatic N) is 3. The molecule has 1 fully saturated rings. The lowest BCUT2D eigenvalue weighted by Gasteiger charge is -2.28. The van der Waals surface area contributed by atoms with E-state index in [1.807, 2.05) is 13.1 Å². The molecule has 0 amide bonds. The predicted molar refractivity (Wildman–Crippen MR) is 93.3 cm³/mol. The van der Waals surface area contributed by atoms with Crippen molar-refractivity contribution in [3.63, 3.8) is 0 Å². The van der Waals surface area contributed by atoms with E-state index in [4.69, 9.17) is 4.74 Å². The summed E-state index contributed by atoms with van der Waals surface area (Å²) < 4.78 is 7.20. The van der Waals surface area contributed by atoms with Crippen molar-refractivity contribution in [1.82, 2.24) is 9.78 Å². The molecular weight excluding hydrogens is 302 g/mol. The van der Waals surface area contributed by atoms with Gasteiger partial charge in [0.25, 0.3) is 0 Å². The minimum atomic E-state index is 0.113. The number of hydrogen-bond donors (Lipinski definition) is 0. The zero-order valence-electron chi connectivity index (χ0n) is 13.9. The Kier molecular flexibility index (Phi) is 3.94. The van der Waals surface area contributed by atoms with E-state index in [1.165, 1.54) is 5.69 Å². The number of carbonyl (C=O) groups excluding carboxylic acids is 1. The van der Waals surface area contributed by atoms with E-state index in [-0.39, 0.29) is 5.78 Å². The minimum absolute atomic E-state index is 0.113. The Morgan fingerprint density at radius 1 is 1.12 bits per heavy atom. The first-order valence-electron chi connectivity index (χ1n) is 8.41. The van der Waals surface area contributed by atoms with E-state index in [0.717, 1.165) is 61.5 Å². The number of allylic oxidation sites excluding steroid dienone is 1. The number of morpholine rings is 1. The van der Waals surface area contributed by atoms with Crippen LogP contribution in [0.5, 0.6) is 0 Å². The smallest absolute Gasteiger partial charge is 0.192 e. The third-order valence-corrected chi connectivity index (χ3v) is 4.84. The van der Waals surface area contributed by atoms with Crippen LogP contribution in [-0.2, 0) is 18.2 Å². The number of Topliss-reactive ketones (excluding diaryl/α,β-unsaturated/α-hetero) is 1. The van der Waals surface area contributed by atoms with E-state index in [1.54, 1.807) is 10.9 Å². The van der Waals surface area contributed by atoms with Crippen molar-refractivity contribution in [2.75, 3.05) is 31.2 Å². The lowest BCUT2D eigenvalue weighted by Crippen LogP contribution is -2.36. The van der Waals surface area contributed by atoms with Crippen LogP contribution in [0.3, 0.4) is 0 Å². The molecule has 1 aromatic carbocycles. The molecule has 1 aliphatic heterocycles. The highest BCUT2D eigenvalue weighted by molar-refractivity contribution is 6.12. The van der Waals surface area contributed by atoms with Crippen LogP contribution in [0.2, 0.25) is 0 Å². The molecule has 2 heterocycles. The van der Waals surface area contributed by atoms with E-state index >= 15 is 0 Å². The van der Waals surface area contributed by atoms with Gasteiger partial charge in [-0.25, -0.2) is 0 Å². The van der Waals surface area contributed by atoms with Crippen molar-refractivity contribution < 1.29 is 9.53 Å². The van der Waals surface area contributed by atoms with Crippen LogP contribution in [-0.4, -0.2) is 41.9 Å². The van der Waals surface area contributed by atoms with Crippen molar-refractivity contribution in [3.8, 4) is 0 Å². The van der Waals surface area contributed by atoms with E-state index in [0.29, 0.717) is 0 Å². The van der Waals surface area contributed by atoms with Crippen LogP contribution >= 0.6 is 0 Å². The van der Waals surface area contributed by atoms with Crippen molar-refractivity contribution in [2.24, 2.45) is 7.05 Å². The van der Waals surface area contributed by atoms with Gasteiger partial charge in [-0.3, -0.25) is 9.48 Å². The number of aryl methyl sites for hydroxylation is 1. The Hall–Kier alpha value is -2.40. The van der Waals surface area contributed by atoms with Crippen LogP contribution in [0, 0.1) is 0 Å². The Bertz CT molecular complexity index is 783. The molecule has 0 N–H and O–H groups in total. The number of rotatable bonds is 2. The summed E-state index contributed by atoms with van der Waals surface area (Å²) in [6, 6.07) is 8.43. The first-order valence-corrected chi connectivity index (χ1v) is 8.41. The molecule has 1 aliphatic carbocycles. The predicted octanol–water partition coefficient (Wildman–Crippen LogP) is 2.47. The van der Waals surface area contributed by atoms with Crippen LogP contribution < -0.4 is 4.90 Å². The van der Waals surface area contributed by atoms with Crippen LogP contribution in [0.25, 0.3) is 6.08 Å². The van der Waals surface area contributed by atoms with Crippen LogP contribution in [0.1, 0.15) is 28.0 Å². The summed E-state index contributed by atoms with van der Waals surface area (Å²) in [6.45, 7) is 3.44. The number of carbonyl (C=O) groups is 1. The number of anilines is 1. The maximum Gasteiger partial charge on any atom is 0.192 e. The topological polar surface area (TPSA) is 47.4 Å². The highest BCUT2D eigenvalue weighted by Crippen LogP contribution is 2.26. The van der Waals surface area contributed by atoms with Crippen molar-refractivity contribution in [1.29, 1.82) is 0 Å². The summed E-state index contributed by atoms with van der Waals surface area (Å²) >= 11 is 0. The van der Waals surface area contributed by atoms with Gasteiger partial charge in [0.1, 0.15) is 0 Å². The summed E-state index contributed by atoms with van der Waals surface area (Å²) in [5, 5.41) is 4.21. The highest BCUT2D eigenvalue weighted by Gasteiger charge is 2.24. The summed E-state index contributed by atoms with van der Waals surface area (Å²) in [7, 11) is 1.89. The fourth-order valence-electron chi connectivity index (χ4n) is 3.43. The molecule has 124 valence electrons. The van der Waals surface area contributed by atoms with Gasteiger partial charge in [0.05, 0.1) is 25.0 Å². The zero-order valence-corrected chi connectivity index (χ0v) is 13.9. The van der Waals surface area contributed by atoms with E-state index < -0.39 is 0 Å². The van der Waals surface area contributed by atoms with Crippen molar-refractivity contribution in [2.45, 2.75) is 12.8 Å². The van der Waals surface area contributed by atoms with Gasteiger partial charge in [-0.05, 0) is 36.6 Å². The van der Waals surface area contributed by atoms with E-state index in [9.17, 15) is 4.79 Å². The molecule has 24 heavy (non-hydrogen) atoms. The molecule has 2 aromatic rings. The molecule has 0 spiro atoms.